The molecule has 0 aliphatic carbocycles. The number of aromatic nitrogens is 2. The van der Waals surface area contributed by atoms with Crippen LogP contribution in [0.5, 0.6) is 5.75 Å². The summed E-state index contributed by atoms with van der Waals surface area (Å²) >= 11 is 7.05. The molecular formula is C20H14ClF3N4O2S. The minimum Gasteiger partial charge on any atom is -0.407 e. The molecule has 0 atom stereocenters. The van der Waals surface area contributed by atoms with E-state index in [1.165, 1.54) is 17.4 Å². The number of carbonyl (C=O) groups is 1. The first-order valence-electron chi connectivity index (χ1n) is 8.89. The smallest absolute Gasteiger partial charge is 0.407 e. The summed E-state index contributed by atoms with van der Waals surface area (Å²) in [5, 5.41) is 8.54. The van der Waals surface area contributed by atoms with Gasteiger partial charge in [-0.05, 0) is 41.3 Å². The second-order valence-corrected chi connectivity index (χ2v) is 7.72. The Morgan fingerprint density at radius 2 is 2.06 bits per heavy atom. The Balaban J connectivity index is 1.40. The number of anilines is 2. The molecule has 3 N–H and O–H groups in total. The molecule has 0 saturated carbocycles. The zero-order valence-corrected chi connectivity index (χ0v) is 17.2. The number of hydrogen-bond donors (Lipinski definition) is 3. The Hall–Kier alpha value is -3.24. The van der Waals surface area contributed by atoms with Crippen LogP contribution in [0.2, 0.25) is 5.02 Å². The Morgan fingerprint density at radius 1 is 1.23 bits per heavy atom. The van der Waals surface area contributed by atoms with Crippen molar-refractivity contribution in [3.05, 3.63) is 70.3 Å². The predicted molar refractivity (Wildman–Crippen MR) is 113 cm³/mol. The van der Waals surface area contributed by atoms with Gasteiger partial charge in [-0.25, -0.2) is 9.78 Å². The highest BCUT2D eigenvalue weighted by atomic mass is 35.5. The lowest BCUT2D eigenvalue weighted by atomic mass is 10.1. The lowest BCUT2D eigenvalue weighted by Gasteiger charge is -2.12. The maximum Gasteiger partial charge on any atom is 0.417 e. The van der Waals surface area contributed by atoms with Crippen molar-refractivity contribution in [3.8, 4) is 5.75 Å². The Labute approximate surface area is 183 Å². The number of halogens is 4. The monoisotopic (exact) mass is 466 g/mol. The summed E-state index contributed by atoms with van der Waals surface area (Å²) in [4.78, 5) is 19.4. The van der Waals surface area contributed by atoms with Crippen LogP contribution in [-0.2, 0) is 12.7 Å². The van der Waals surface area contributed by atoms with Gasteiger partial charge in [0.15, 0.2) is 5.75 Å². The molecule has 0 radical (unpaired) electrons. The average molecular weight is 467 g/mol. The zero-order chi connectivity index (χ0) is 22.0. The van der Waals surface area contributed by atoms with Crippen LogP contribution < -0.4 is 15.4 Å². The average Bonchev–Trinajstić information content (AvgIpc) is 3.35. The SMILES string of the molecule is O=C(NCc1ccc(C(F)(F)F)c(Cl)c1)Oc1ccsc1Nc1ccnc2[nH]ccc12. The van der Waals surface area contributed by atoms with Gasteiger partial charge in [0.2, 0.25) is 0 Å². The number of hydrogen-bond acceptors (Lipinski definition) is 5. The summed E-state index contributed by atoms with van der Waals surface area (Å²) in [5.74, 6) is 0.313. The van der Waals surface area contributed by atoms with E-state index in [9.17, 15) is 18.0 Å². The number of nitrogens with zero attached hydrogens (tertiary/aromatic N) is 1. The maximum atomic E-state index is 12.8. The second-order valence-electron chi connectivity index (χ2n) is 6.39. The van der Waals surface area contributed by atoms with Crippen LogP contribution >= 0.6 is 22.9 Å². The number of carbonyl (C=O) groups excluding carboxylic acids is 1. The summed E-state index contributed by atoms with van der Waals surface area (Å²) in [6.07, 6.45) is -1.86. The van der Waals surface area contributed by atoms with E-state index in [4.69, 9.17) is 16.3 Å². The van der Waals surface area contributed by atoms with Crippen LogP contribution in [-0.4, -0.2) is 16.1 Å². The highest BCUT2D eigenvalue weighted by Gasteiger charge is 2.33. The fraction of sp³-hybridized carbons (Fsp3) is 0.100. The quantitative estimate of drug-likeness (QED) is 0.321. The number of H-pyrrole nitrogens is 1. The molecule has 0 fully saturated rings. The van der Waals surface area contributed by atoms with Crippen molar-refractivity contribution in [2.75, 3.05) is 5.32 Å². The van der Waals surface area contributed by atoms with Crippen molar-refractivity contribution in [3.63, 3.8) is 0 Å². The number of benzene rings is 1. The van der Waals surface area contributed by atoms with Gasteiger partial charge in [-0.3, -0.25) is 0 Å². The highest BCUT2D eigenvalue weighted by Crippen LogP contribution is 2.36. The summed E-state index contributed by atoms with van der Waals surface area (Å²) in [6.45, 7) is -0.0437. The molecule has 4 rings (SSSR count). The van der Waals surface area contributed by atoms with E-state index in [1.807, 2.05) is 6.07 Å². The number of alkyl halides is 3. The van der Waals surface area contributed by atoms with Gasteiger partial charge >= 0.3 is 12.3 Å². The Bertz CT molecular complexity index is 1240. The van der Waals surface area contributed by atoms with Crippen LogP contribution in [0, 0.1) is 0 Å². The van der Waals surface area contributed by atoms with E-state index < -0.39 is 22.9 Å². The molecule has 0 spiro atoms. The van der Waals surface area contributed by atoms with Gasteiger partial charge in [-0.15, -0.1) is 11.3 Å². The second kappa shape index (κ2) is 8.48. The summed E-state index contributed by atoms with van der Waals surface area (Å²) < 4.78 is 43.7. The lowest BCUT2D eigenvalue weighted by Crippen LogP contribution is -2.26. The van der Waals surface area contributed by atoms with Crippen molar-refractivity contribution >= 4 is 50.8 Å². The van der Waals surface area contributed by atoms with Gasteiger partial charge in [-0.2, -0.15) is 13.2 Å². The first-order valence-corrected chi connectivity index (χ1v) is 10.1. The van der Waals surface area contributed by atoms with Crippen LogP contribution in [0.4, 0.5) is 28.7 Å². The Kier molecular flexibility index (Phi) is 5.75. The van der Waals surface area contributed by atoms with E-state index >= 15 is 0 Å². The van der Waals surface area contributed by atoms with Crippen LogP contribution in [0.1, 0.15) is 11.1 Å². The van der Waals surface area contributed by atoms with Gasteiger partial charge < -0.3 is 20.4 Å². The van der Waals surface area contributed by atoms with Crippen molar-refractivity contribution in [2.45, 2.75) is 12.7 Å². The maximum absolute atomic E-state index is 12.8. The first-order chi connectivity index (χ1) is 14.8. The van der Waals surface area contributed by atoms with Crippen molar-refractivity contribution < 1.29 is 22.7 Å². The molecule has 0 saturated heterocycles. The molecule has 1 aromatic carbocycles. The summed E-state index contributed by atoms with van der Waals surface area (Å²) in [6, 6.07) is 8.60. The molecule has 11 heteroatoms. The third kappa shape index (κ3) is 4.75. The van der Waals surface area contributed by atoms with Crippen molar-refractivity contribution in [1.29, 1.82) is 0 Å². The molecule has 0 unspecified atom stereocenters. The van der Waals surface area contributed by atoms with Crippen LogP contribution in [0.15, 0.2) is 54.2 Å². The van der Waals surface area contributed by atoms with Gasteiger partial charge in [0.25, 0.3) is 0 Å². The molecule has 6 nitrogen and oxygen atoms in total. The minimum absolute atomic E-state index is 0.0437. The molecule has 0 bridgehead atoms. The largest absolute Gasteiger partial charge is 0.417 e. The highest BCUT2D eigenvalue weighted by molar-refractivity contribution is 7.14. The fourth-order valence-electron chi connectivity index (χ4n) is 2.87. The molecule has 1 amide bonds. The molecule has 0 aliphatic heterocycles. The predicted octanol–water partition coefficient (Wildman–Crippen LogP) is 6.33. The van der Waals surface area contributed by atoms with E-state index in [1.54, 1.807) is 29.9 Å². The third-order valence-corrected chi connectivity index (χ3v) is 5.44. The van der Waals surface area contributed by atoms with Crippen molar-refractivity contribution in [1.82, 2.24) is 15.3 Å². The van der Waals surface area contributed by atoms with E-state index in [0.29, 0.717) is 16.3 Å². The minimum atomic E-state index is -4.54. The standard InChI is InChI=1S/C20H14ClF3N4O2S/c21-14-9-11(1-2-13(14)20(22,23)24)10-27-19(29)30-16-5-8-31-18(16)28-15-4-7-26-17-12(15)3-6-25-17/h1-9H,10H2,(H,27,29)(H2,25,26,28). The number of pyridine rings is 1. The number of fused-ring (bicyclic) bond motifs is 1. The molecular weight excluding hydrogens is 453 g/mol. The van der Waals surface area contributed by atoms with E-state index in [-0.39, 0.29) is 6.54 Å². The van der Waals surface area contributed by atoms with Gasteiger partial charge in [0.1, 0.15) is 10.6 Å². The lowest BCUT2D eigenvalue weighted by molar-refractivity contribution is -0.137. The van der Waals surface area contributed by atoms with Crippen molar-refractivity contribution in [2.24, 2.45) is 0 Å². The number of nitrogens with one attached hydrogen (secondary N) is 3. The molecule has 3 aromatic heterocycles. The molecule has 4 aromatic rings. The van der Waals surface area contributed by atoms with Gasteiger partial charge in [0.05, 0.1) is 16.3 Å². The van der Waals surface area contributed by atoms with Crippen LogP contribution in [0.3, 0.4) is 0 Å². The number of aromatic amines is 1. The van der Waals surface area contributed by atoms with Crippen LogP contribution in [0.25, 0.3) is 11.0 Å². The number of thiophene rings is 1. The van der Waals surface area contributed by atoms with E-state index in [0.717, 1.165) is 28.9 Å². The topological polar surface area (TPSA) is 79.0 Å². The third-order valence-electron chi connectivity index (χ3n) is 4.32. The summed E-state index contributed by atoms with van der Waals surface area (Å²) in [7, 11) is 0. The number of ether oxygens (including phenoxy) is 1. The van der Waals surface area contributed by atoms with Gasteiger partial charge in [-0.1, -0.05) is 17.7 Å². The number of amides is 1. The first kappa shape index (κ1) is 21.0. The molecule has 3 heterocycles. The fourth-order valence-corrected chi connectivity index (χ4v) is 3.90. The number of rotatable bonds is 5. The van der Waals surface area contributed by atoms with E-state index in [2.05, 4.69) is 20.6 Å². The summed E-state index contributed by atoms with van der Waals surface area (Å²) in [5.41, 5.74) is 0.989. The molecule has 31 heavy (non-hydrogen) atoms. The van der Waals surface area contributed by atoms with Gasteiger partial charge in [0, 0.05) is 24.3 Å². The molecule has 0 aliphatic rings. The normalized spacial score (nSPS) is 11.5. The Morgan fingerprint density at radius 3 is 2.84 bits per heavy atom. The molecule has 160 valence electrons. The zero-order valence-electron chi connectivity index (χ0n) is 15.6.